The Morgan fingerprint density at radius 2 is 1.91 bits per heavy atom. The van der Waals surface area contributed by atoms with Gasteiger partial charge >= 0.3 is 6.18 Å². The molecule has 1 atom stereocenters. The van der Waals surface area contributed by atoms with Crippen LogP contribution in [0.2, 0.25) is 0 Å². The van der Waals surface area contributed by atoms with Gasteiger partial charge < -0.3 is 14.6 Å². The van der Waals surface area contributed by atoms with Crippen molar-refractivity contribution in [1.82, 2.24) is 9.97 Å². The van der Waals surface area contributed by atoms with Gasteiger partial charge in [-0.1, -0.05) is 12.1 Å². The van der Waals surface area contributed by atoms with Crippen LogP contribution in [0.25, 0.3) is 10.9 Å². The molecule has 1 fully saturated rings. The first-order valence-electron chi connectivity index (χ1n) is 11.0. The number of anilines is 1. The Morgan fingerprint density at radius 1 is 1.18 bits per heavy atom. The van der Waals surface area contributed by atoms with Crippen LogP contribution in [0, 0.1) is 11.2 Å². The summed E-state index contributed by atoms with van der Waals surface area (Å²) in [6, 6.07) is 6.12. The Labute approximate surface area is 194 Å². The highest BCUT2D eigenvalue weighted by molar-refractivity contribution is 7.70. The topological polar surface area (TPSA) is 64.1 Å². The van der Waals surface area contributed by atoms with Crippen molar-refractivity contribution in [2.45, 2.75) is 38.4 Å². The van der Waals surface area contributed by atoms with Gasteiger partial charge in [-0.05, 0) is 45.2 Å². The van der Waals surface area contributed by atoms with Crippen LogP contribution >= 0.6 is 7.14 Å². The summed E-state index contributed by atoms with van der Waals surface area (Å²) < 4.78 is 74.8. The molecule has 0 radical (unpaired) electrons. The third-order valence-electron chi connectivity index (χ3n) is 6.57. The molecule has 5 nitrogen and oxygen atoms in total. The van der Waals surface area contributed by atoms with Gasteiger partial charge in [-0.15, -0.1) is 0 Å². The van der Waals surface area contributed by atoms with E-state index in [1.165, 1.54) is 31.5 Å². The van der Waals surface area contributed by atoms with E-state index in [2.05, 4.69) is 15.3 Å². The van der Waals surface area contributed by atoms with Crippen LogP contribution in [0.3, 0.4) is 0 Å². The summed E-state index contributed by atoms with van der Waals surface area (Å²) in [4.78, 5) is 9.22. The van der Waals surface area contributed by atoms with Gasteiger partial charge in [0, 0.05) is 34.2 Å². The van der Waals surface area contributed by atoms with Crippen molar-refractivity contribution in [1.29, 1.82) is 0 Å². The van der Waals surface area contributed by atoms with Gasteiger partial charge in [-0.25, -0.2) is 14.4 Å². The average Bonchev–Trinajstić information content (AvgIpc) is 3.49. The zero-order chi connectivity index (χ0) is 24.5. The molecule has 1 spiro atoms. The smallest absolute Gasteiger partial charge is 0.419 e. The minimum Gasteiger partial charge on any atom is -0.492 e. The Balaban J connectivity index is 1.71. The molecule has 5 rings (SSSR count). The molecular weight excluding hydrogens is 469 g/mol. The summed E-state index contributed by atoms with van der Waals surface area (Å²) in [5, 5.41) is 3.74. The molecule has 0 unspecified atom stereocenters. The molecular formula is C24H24F4N3O2P. The Bertz CT molecular complexity index is 1350. The summed E-state index contributed by atoms with van der Waals surface area (Å²) >= 11 is 0. The number of halogens is 4. The highest BCUT2D eigenvalue weighted by Crippen LogP contribution is 2.50. The lowest BCUT2D eigenvalue weighted by Crippen LogP contribution is -2.20. The van der Waals surface area contributed by atoms with Crippen LogP contribution in [0.5, 0.6) is 5.75 Å². The Hall–Kier alpha value is -2.67. The van der Waals surface area contributed by atoms with Crippen LogP contribution in [0.4, 0.5) is 23.4 Å². The highest BCUT2D eigenvalue weighted by atomic mass is 31.2. The molecule has 2 aliphatic rings. The van der Waals surface area contributed by atoms with E-state index >= 15 is 0 Å². The molecule has 34 heavy (non-hydrogen) atoms. The third kappa shape index (κ3) is 4.15. The van der Waals surface area contributed by atoms with E-state index in [-0.39, 0.29) is 23.1 Å². The molecule has 3 aromatic rings. The number of hydrogen-bond donors (Lipinski definition) is 1. The lowest BCUT2D eigenvalue weighted by Gasteiger charge is -2.23. The number of nitrogens with one attached hydrogen (secondary N) is 1. The predicted molar refractivity (Wildman–Crippen MR) is 123 cm³/mol. The van der Waals surface area contributed by atoms with E-state index in [0.29, 0.717) is 34.5 Å². The summed E-state index contributed by atoms with van der Waals surface area (Å²) in [7, 11) is -2.93. The highest BCUT2D eigenvalue weighted by Gasteiger charge is 2.46. The molecule has 1 aliphatic heterocycles. The van der Waals surface area contributed by atoms with Crippen LogP contribution in [0.1, 0.15) is 42.8 Å². The maximum atomic E-state index is 14.8. The number of ether oxygens (including phenoxy) is 1. The summed E-state index contributed by atoms with van der Waals surface area (Å²) in [5.74, 6) is 0.0437. The summed E-state index contributed by atoms with van der Waals surface area (Å²) in [5.41, 5.74) is -0.483. The molecule has 0 saturated heterocycles. The number of fused-ring (bicyclic) bond motifs is 5. The van der Waals surface area contributed by atoms with Gasteiger partial charge in [0.15, 0.2) is 0 Å². The second-order valence-electron chi connectivity index (χ2n) is 9.71. The lowest BCUT2D eigenvalue weighted by atomic mass is 10.0. The minimum atomic E-state index is -4.57. The molecule has 180 valence electrons. The molecule has 2 bridgehead atoms. The van der Waals surface area contributed by atoms with Crippen molar-refractivity contribution in [3.63, 3.8) is 0 Å². The first kappa shape index (κ1) is 23.1. The van der Waals surface area contributed by atoms with Gasteiger partial charge in [-0.2, -0.15) is 13.2 Å². The van der Waals surface area contributed by atoms with E-state index in [9.17, 15) is 22.1 Å². The summed E-state index contributed by atoms with van der Waals surface area (Å²) in [6.07, 6.45) is -2.61. The van der Waals surface area contributed by atoms with Gasteiger partial charge in [0.25, 0.3) is 0 Å². The Morgan fingerprint density at radius 3 is 2.56 bits per heavy atom. The minimum absolute atomic E-state index is 0.0816. The van der Waals surface area contributed by atoms with Crippen LogP contribution in [-0.4, -0.2) is 29.9 Å². The lowest BCUT2D eigenvalue weighted by molar-refractivity contribution is -0.139. The van der Waals surface area contributed by atoms with Gasteiger partial charge in [-0.3, -0.25) is 0 Å². The molecule has 1 N–H and O–H groups in total. The van der Waals surface area contributed by atoms with Crippen LogP contribution < -0.4 is 15.4 Å². The molecule has 1 aromatic heterocycles. The molecule has 10 heteroatoms. The number of aromatic nitrogens is 2. The average molecular weight is 493 g/mol. The first-order valence-corrected chi connectivity index (χ1v) is 13.6. The molecule has 1 aliphatic carbocycles. The third-order valence-corrected chi connectivity index (χ3v) is 8.08. The zero-order valence-electron chi connectivity index (χ0n) is 19.0. The monoisotopic (exact) mass is 493 g/mol. The second-order valence-corrected chi connectivity index (χ2v) is 12.9. The fourth-order valence-electron chi connectivity index (χ4n) is 4.46. The van der Waals surface area contributed by atoms with Crippen molar-refractivity contribution in [3.05, 3.63) is 53.1 Å². The number of alkyl halides is 3. The van der Waals surface area contributed by atoms with Crippen LogP contribution in [0.15, 0.2) is 30.3 Å². The maximum Gasteiger partial charge on any atom is 0.419 e. The largest absolute Gasteiger partial charge is 0.492 e. The van der Waals surface area contributed by atoms with Crippen molar-refractivity contribution < 1.29 is 26.9 Å². The van der Waals surface area contributed by atoms with Crippen molar-refractivity contribution in [3.8, 4) is 5.75 Å². The van der Waals surface area contributed by atoms with Crippen molar-refractivity contribution in [2.24, 2.45) is 5.41 Å². The van der Waals surface area contributed by atoms with E-state index in [1.807, 2.05) is 0 Å². The zero-order valence-corrected chi connectivity index (χ0v) is 19.9. The number of benzene rings is 2. The normalized spacial score (nSPS) is 19.7. The SMILES string of the molecule is C[C@H]1Nc2nc(nc3cc(F)c(P(C)(C)=O)cc23)CC2(CC2)COc2c1cccc2C(F)(F)F. The standard InChI is InChI=1S/C24H24F4N3O2P/c1-13-14-5-4-6-16(24(26,27)28)21(14)33-12-23(7-8-23)11-20-30-18-10-17(25)19(34(2,3)32)9-15(18)22(29-13)31-20/h4-6,9-10,13H,7-8,11-12H2,1-3H3,(H,29,30,31)/t13-/m1/s1. The van der Waals surface area contributed by atoms with E-state index in [0.717, 1.165) is 18.9 Å². The predicted octanol–water partition coefficient (Wildman–Crippen LogP) is 5.92. The second kappa shape index (κ2) is 7.67. The van der Waals surface area contributed by atoms with Crippen LogP contribution in [-0.2, 0) is 17.2 Å². The molecule has 2 heterocycles. The quantitative estimate of drug-likeness (QED) is 0.337. The van der Waals surface area contributed by atoms with Gasteiger partial charge in [0.2, 0.25) is 0 Å². The van der Waals surface area contributed by atoms with E-state index < -0.39 is 30.7 Å². The maximum absolute atomic E-state index is 14.8. The number of para-hydroxylation sites is 1. The van der Waals surface area contributed by atoms with Gasteiger partial charge in [0.05, 0.1) is 23.7 Å². The molecule has 1 saturated carbocycles. The van der Waals surface area contributed by atoms with E-state index in [4.69, 9.17) is 4.74 Å². The first-order chi connectivity index (χ1) is 15.9. The number of nitrogens with zero attached hydrogens (tertiary/aromatic N) is 2. The summed E-state index contributed by atoms with van der Waals surface area (Å²) in [6.45, 7) is 4.79. The number of rotatable bonds is 1. The van der Waals surface area contributed by atoms with Crippen molar-refractivity contribution in [2.75, 3.05) is 25.3 Å². The molecule has 0 amide bonds. The van der Waals surface area contributed by atoms with E-state index in [1.54, 1.807) is 13.0 Å². The fourth-order valence-corrected chi connectivity index (χ4v) is 5.48. The Kier molecular flexibility index (Phi) is 5.21. The molecule has 2 aromatic carbocycles. The van der Waals surface area contributed by atoms with Gasteiger partial charge in [0.1, 0.15) is 30.4 Å². The number of hydrogen-bond acceptors (Lipinski definition) is 5. The fraction of sp³-hybridized carbons (Fsp3) is 0.417. The van der Waals surface area contributed by atoms with Crippen molar-refractivity contribution >= 4 is 29.2 Å².